The molecule has 0 spiro atoms. The molecule has 1 aliphatic heterocycles. The maximum Gasteiger partial charge on any atom is 0.134 e. The topological polar surface area (TPSA) is 20.3 Å². The van der Waals surface area contributed by atoms with Gasteiger partial charge in [0.05, 0.1) is 0 Å². The first kappa shape index (κ1) is 10.7. The standard InChI is InChI=1S/C11H21NO/c1-3-4-7-12-8-5-6-11(9-12)10(2)13/h11H,3-9H2,1-2H3. The van der Waals surface area contributed by atoms with Crippen molar-refractivity contribution in [2.45, 2.75) is 39.5 Å². The molecule has 0 aliphatic carbocycles. The summed E-state index contributed by atoms with van der Waals surface area (Å²) in [5, 5.41) is 0. The summed E-state index contributed by atoms with van der Waals surface area (Å²) in [6.07, 6.45) is 4.83. The zero-order valence-electron chi connectivity index (χ0n) is 8.88. The minimum atomic E-state index is 0.325. The summed E-state index contributed by atoms with van der Waals surface area (Å²) in [5.41, 5.74) is 0. The smallest absolute Gasteiger partial charge is 0.134 e. The fraction of sp³-hybridized carbons (Fsp3) is 0.909. The lowest BCUT2D eigenvalue weighted by atomic mass is 9.94. The predicted octanol–water partition coefficient (Wildman–Crippen LogP) is 2.09. The van der Waals surface area contributed by atoms with E-state index >= 15 is 0 Å². The lowest BCUT2D eigenvalue weighted by molar-refractivity contribution is -0.122. The molecule has 0 amide bonds. The molecule has 1 atom stereocenters. The van der Waals surface area contributed by atoms with Crippen LogP contribution in [0.3, 0.4) is 0 Å². The number of hydrogen-bond donors (Lipinski definition) is 0. The molecule has 1 rings (SSSR count). The Kier molecular flexibility index (Phi) is 4.43. The van der Waals surface area contributed by atoms with Crippen molar-refractivity contribution in [2.24, 2.45) is 5.92 Å². The molecule has 1 saturated heterocycles. The van der Waals surface area contributed by atoms with Crippen molar-refractivity contribution in [3.8, 4) is 0 Å². The lowest BCUT2D eigenvalue weighted by Gasteiger charge is -2.31. The molecule has 0 N–H and O–H groups in total. The first-order valence-corrected chi connectivity index (χ1v) is 5.47. The molecule has 0 saturated carbocycles. The van der Waals surface area contributed by atoms with Crippen LogP contribution in [0.5, 0.6) is 0 Å². The molecule has 0 aromatic heterocycles. The van der Waals surface area contributed by atoms with E-state index in [4.69, 9.17) is 0 Å². The first-order chi connectivity index (χ1) is 6.24. The summed E-state index contributed by atoms with van der Waals surface area (Å²) in [4.78, 5) is 13.6. The van der Waals surface area contributed by atoms with Gasteiger partial charge in [0.15, 0.2) is 0 Å². The second kappa shape index (κ2) is 5.38. The van der Waals surface area contributed by atoms with E-state index in [1.165, 1.54) is 32.4 Å². The maximum absolute atomic E-state index is 11.2. The highest BCUT2D eigenvalue weighted by Gasteiger charge is 2.22. The van der Waals surface area contributed by atoms with Gasteiger partial charge in [0.1, 0.15) is 5.78 Å². The van der Waals surface area contributed by atoms with Gasteiger partial charge in [-0.3, -0.25) is 4.79 Å². The molecular weight excluding hydrogens is 162 g/mol. The predicted molar refractivity (Wildman–Crippen MR) is 54.8 cm³/mol. The first-order valence-electron chi connectivity index (χ1n) is 5.47. The van der Waals surface area contributed by atoms with E-state index in [-0.39, 0.29) is 0 Å². The zero-order chi connectivity index (χ0) is 9.68. The number of piperidine rings is 1. The van der Waals surface area contributed by atoms with Crippen LogP contribution in [0, 0.1) is 5.92 Å². The fourth-order valence-corrected chi connectivity index (χ4v) is 1.97. The van der Waals surface area contributed by atoms with Gasteiger partial charge >= 0.3 is 0 Å². The van der Waals surface area contributed by atoms with Crippen LogP contribution in [-0.2, 0) is 4.79 Å². The van der Waals surface area contributed by atoms with Gasteiger partial charge in [-0.1, -0.05) is 13.3 Å². The molecule has 1 aliphatic rings. The van der Waals surface area contributed by atoms with Crippen LogP contribution in [0.4, 0.5) is 0 Å². The van der Waals surface area contributed by atoms with Gasteiger partial charge in [0.2, 0.25) is 0 Å². The van der Waals surface area contributed by atoms with Crippen LogP contribution in [-0.4, -0.2) is 30.3 Å². The molecule has 1 unspecified atom stereocenters. The second-order valence-corrected chi connectivity index (χ2v) is 4.10. The Morgan fingerprint density at radius 3 is 2.92 bits per heavy atom. The van der Waals surface area contributed by atoms with Gasteiger partial charge < -0.3 is 4.90 Å². The third kappa shape index (κ3) is 3.47. The quantitative estimate of drug-likeness (QED) is 0.665. The zero-order valence-corrected chi connectivity index (χ0v) is 8.88. The number of unbranched alkanes of at least 4 members (excludes halogenated alkanes) is 1. The number of likely N-dealkylation sites (tertiary alicyclic amines) is 1. The van der Waals surface area contributed by atoms with Crippen molar-refractivity contribution in [3.63, 3.8) is 0 Å². The lowest BCUT2D eigenvalue weighted by Crippen LogP contribution is -2.38. The Labute approximate surface area is 81.3 Å². The van der Waals surface area contributed by atoms with Crippen molar-refractivity contribution < 1.29 is 4.79 Å². The van der Waals surface area contributed by atoms with E-state index < -0.39 is 0 Å². The number of Topliss-reactive ketones (excluding diaryl/α,β-unsaturated/α-hetero) is 1. The average Bonchev–Trinajstić information content (AvgIpc) is 2.15. The minimum Gasteiger partial charge on any atom is -0.303 e. The highest BCUT2D eigenvalue weighted by atomic mass is 16.1. The third-order valence-electron chi connectivity index (χ3n) is 2.91. The van der Waals surface area contributed by atoms with Crippen LogP contribution in [0.15, 0.2) is 0 Å². The Morgan fingerprint density at radius 2 is 2.31 bits per heavy atom. The number of ketones is 1. The van der Waals surface area contributed by atoms with Gasteiger partial charge in [-0.25, -0.2) is 0 Å². The summed E-state index contributed by atoms with van der Waals surface area (Å²) in [7, 11) is 0. The second-order valence-electron chi connectivity index (χ2n) is 4.10. The summed E-state index contributed by atoms with van der Waals surface area (Å²) >= 11 is 0. The molecule has 76 valence electrons. The molecule has 2 nitrogen and oxygen atoms in total. The monoisotopic (exact) mass is 183 g/mol. The molecule has 0 aromatic rings. The minimum absolute atomic E-state index is 0.325. The fourth-order valence-electron chi connectivity index (χ4n) is 1.97. The molecule has 0 bridgehead atoms. The van der Waals surface area contributed by atoms with Crippen LogP contribution in [0.25, 0.3) is 0 Å². The van der Waals surface area contributed by atoms with Crippen molar-refractivity contribution in [2.75, 3.05) is 19.6 Å². The Hall–Kier alpha value is -0.370. The normalized spacial score (nSPS) is 24.6. The van der Waals surface area contributed by atoms with Crippen LogP contribution in [0.2, 0.25) is 0 Å². The largest absolute Gasteiger partial charge is 0.303 e. The average molecular weight is 183 g/mol. The maximum atomic E-state index is 11.2. The molecule has 13 heavy (non-hydrogen) atoms. The molecule has 2 heteroatoms. The summed E-state index contributed by atoms with van der Waals surface area (Å²) in [6, 6.07) is 0. The number of nitrogens with zero attached hydrogens (tertiary/aromatic N) is 1. The van der Waals surface area contributed by atoms with E-state index in [0.717, 1.165) is 13.0 Å². The number of carbonyl (C=O) groups is 1. The van der Waals surface area contributed by atoms with E-state index in [1.807, 2.05) is 0 Å². The highest BCUT2D eigenvalue weighted by molar-refractivity contribution is 5.78. The van der Waals surface area contributed by atoms with Crippen molar-refractivity contribution in [1.82, 2.24) is 4.90 Å². The van der Waals surface area contributed by atoms with E-state index in [9.17, 15) is 4.79 Å². The Morgan fingerprint density at radius 1 is 1.54 bits per heavy atom. The van der Waals surface area contributed by atoms with Gasteiger partial charge in [0, 0.05) is 12.5 Å². The number of rotatable bonds is 4. The number of carbonyl (C=O) groups excluding carboxylic acids is 1. The van der Waals surface area contributed by atoms with Crippen molar-refractivity contribution in [3.05, 3.63) is 0 Å². The van der Waals surface area contributed by atoms with E-state index in [1.54, 1.807) is 6.92 Å². The Bertz CT molecular complexity index is 167. The van der Waals surface area contributed by atoms with Gasteiger partial charge in [-0.05, 0) is 39.3 Å². The summed E-state index contributed by atoms with van der Waals surface area (Å²) in [6.45, 7) is 7.33. The molecule has 1 fully saturated rings. The van der Waals surface area contributed by atoms with Gasteiger partial charge in [-0.15, -0.1) is 0 Å². The summed E-state index contributed by atoms with van der Waals surface area (Å²) < 4.78 is 0. The van der Waals surface area contributed by atoms with Crippen molar-refractivity contribution in [1.29, 1.82) is 0 Å². The SMILES string of the molecule is CCCCN1CCCC(C(C)=O)C1. The number of hydrogen-bond acceptors (Lipinski definition) is 2. The molecule has 0 radical (unpaired) electrons. The molecule has 1 heterocycles. The van der Waals surface area contributed by atoms with Crippen LogP contribution < -0.4 is 0 Å². The van der Waals surface area contributed by atoms with Gasteiger partial charge in [-0.2, -0.15) is 0 Å². The van der Waals surface area contributed by atoms with Crippen LogP contribution >= 0.6 is 0 Å². The highest BCUT2D eigenvalue weighted by Crippen LogP contribution is 2.17. The van der Waals surface area contributed by atoms with Crippen LogP contribution in [0.1, 0.15) is 39.5 Å². The summed E-state index contributed by atoms with van der Waals surface area (Å²) in [5.74, 6) is 0.701. The van der Waals surface area contributed by atoms with E-state index in [2.05, 4.69) is 11.8 Å². The van der Waals surface area contributed by atoms with E-state index in [0.29, 0.717) is 11.7 Å². The van der Waals surface area contributed by atoms with Gasteiger partial charge in [0.25, 0.3) is 0 Å². The van der Waals surface area contributed by atoms with Crippen molar-refractivity contribution >= 4 is 5.78 Å². The third-order valence-corrected chi connectivity index (χ3v) is 2.91. The molecule has 0 aromatic carbocycles. The molecular formula is C11H21NO. The Balaban J connectivity index is 2.29.